The van der Waals surface area contributed by atoms with Gasteiger partial charge >= 0.3 is 0 Å². The summed E-state index contributed by atoms with van der Waals surface area (Å²) in [6.45, 7) is 2.52. The van der Waals surface area contributed by atoms with Crippen molar-refractivity contribution in [1.82, 2.24) is 4.90 Å². The Labute approximate surface area is 113 Å². The van der Waals surface area contributed by atoms with Crippen LogP contribution in [0.2, 0.25) is 0 Å². The van der Waals surface area contributed by atoms with Crippen LogP contribution in [0.5, 0.6) is 5.75 Å². The average Bonchev–Trinajstić information content (AvgIpc) is 2.33. The van der Waals surface area contributed by atoms with E-state index >= 15 is 0 Å². The third-order valence-corrected chi connectivity index (χ3v) is 2.68. The molecule has 5 heteroatoms. The van der Waals surface area contributed by atoms with E-state index in [2.05, 4.69) is 0 Å². The topological polar surface area (TPSA) is 55.6 Å². The molecule has 1 amide bonds. The number of aryl methyl sites for hydroxylation is 1. The molecule has 1 aromatic carbocycles. The van der Waals surface area contributed by atoms with Crippen molar-refractivity contribution >= 4 is 23.1 Å². The van der Waals surface area contributed by atoms with Gasteiger partial charge in [-0.3, -0.25) is 4.79 Å². The molecule has 0 fully saturated rings. The van der Waals surface area contributed by atoms with Gasteiger partial charge in [0.25, 0.3) is 5.91 Å². The summed E-state index contributed by atoms with van der Waals surface area (Å²) in [7, 11) is 1.71. The highest BCUT2D eigenvalue weighted by atomic mass is 32.1. The first-order chi connectivity index (χ1) is 8.49. The standard InChI is InChI=1S/C13H18N2O2S/c1-10-4-3-5-11(8-10)17-9-13(16)15(2)7-6-12(14)18/h3-5,8H,6-7,9H2,1-2H3,(H2,14,18). The second kappa shape index (κ2) is 6.96. The highest BCUT2D eigenvalue weighted by Crippen LogP contribution is 2.12. The number of benzene rings is 1. The number of nitrogens with two attached hydrogens (primary N) is 1. The number of carbonyl (C=O) groups excluding carboxylic acids is 1. The minimum Gasteiger partial charge on any atom is -0.484 e. The van der Waals surface area contributed by atoms with Crippen LogP contribution in [-0.4, -0.2) is 36.0 Å². The zero-order valence-electron chi connectivity index (χ0n) is 10.7. The van der Waals surface area contributed by atoms with Gasteiger partial charge in [-0.25, -0.2) is 0 Å². The second-order valence-corrected chi connectivity index (χ2v) is 4.66. The van der Waals surface area contributed by atoms with Crippen LogP contribution in [0.25, 0.3) is 0 Å². The third kappa shape index (κ3) is 5.14. The normalized spacial score (nSPS) is 9.89. The molecule has 0 radical (unpaired) electrons. The lowest BCUT2D eigenvalue weighted by atomic mass is 10.2. The van der Waals surface area contributed by atoms with Crippen LogP contribution in [0.1, 0.15) is 12.0 Å². The Bertz CT molecular complexity index is 435. The molecule has 0 bridgehead atoms. The molecule has 0 atom stereocenters. The zero-order valence-corrected chi connectivity index (χ0v) is 11.5. The maximum atomic E-state index is 11.7. The zero-order chi connectivity index (χ0) is 13.5. The van der Waals surface area contributed by atoms with Crippen LogP contribution < -0.4 is 10.5 Å². The van der Waals surface area contributed by atoms with Gasteiger partial charge in [-0.1, -0.05) is 24.4 Å². The number of hydrogen-bond acceptors (Lipinski definition) is 3. The maximum Gasteiger partial charge on any atom is 0.260 e. The minimum atomic E-state index is -0.0900. The molecule has 0 aliphatic rings. The molecule has 4 nitrogen and oxygen atoms in total. The van der Waals surface area contributed by atoms with Gasteiger partial charge in [0.15, 0.2) is 6.61 Å². The van der Waals surface area contributed by atoms with Crippen LogP contribution in [0, 0.1) is 6.92 Å². The van der Waals surface area contributed by atoms with E-state index in [4.69, 9.17) is 22.7 Å². The van der Waals surface area contributed by atoms with Crippen molar-refractivity contribution in [2.45, 2.75) is 13.3 Å². The van der Waals surface area contributed by atoms with Gasteiger partial charge < -0.3 is 15.4 Å². The number of carbonyl (C=O) groups is 1. The predicted molar refractivity (Wildman–Crippen MR) is 75.7 cm³/mol. The fourth-order valence-electron chi connectivity index (χ4n) is 1.36. The highest BCUT2D eigenvalue weighted by molar-refractivity contribution is 7.80. The van der Waals surface area contributed by atoms with Crippen LogP contribution in [0.15, 0.2) is 24.3 Å². The summed E-state index contributed by atoms with van der Waals surface area (Å²) in [6, 6.07) is 7.59. The Morgan fingerprint density at radius 3 is 2.83 bits per heavy atom. The first-order valence-electron chi connectivity index (χ1n) is 5.71. The Kier molecular flexibility index (Phi) is 5.58. The van der Waals surface area contributed by atoms with Gasteiger partial charge in [-0.2, -0.15) is 0 Å². The minimum absolute atomic E-state index is 0.0251. The van der Waals surface area contributed by atoms with E-state index < -0.39 is 0 Å². The first kappa shape index (κ1) is 14.4. The van der Waals surface area contributed by atoms with Crippen molar-refractivity contribution in [3.05, 3.63) is 29.8 Å². The molecule has 0 aromatic heterocycles. The monoisotopic (exact) mass is 266 g/mol. The van der Waals surface area contributed by atoms with E-state index in [1.807, 2.05) is 31.2 Å². The smallest absolute Gasteiger partial charge is 0.260 e. The van der Waals surface area contributed by atoms with E-state index in [0.717, 1.165) is 5.56 Å². The average molecular weight is 266 g/mol. The summed E-state index contributed by atoms with van der Waals surface area (Å²) in [6.07, 6.45) is 0.530. The molecule has 1 rings (SSSR count). The van der Waals surface area contributed by atoms with Gasteiger partial charge in [-0.15, -0.1) is 0 Å². The maximum absolute atomic E-state index is 11.7. The fourth-order valence-corrected chi connectivity index (χ4v) is 1.45. The molecule has 0 spiro atoms. The quantitative estimate of drug-likeness (QED) is 0.793. The molecule has 0 saturated heterocycles. The fraction of sp³-hybridized carbons (Fsp3) is 0.385. The van der Waals surface area contributed by atoms with Gasteiger partial charge in [0.05, 0.1) is 4.99 Å². The second-order valence-electron chi connectivity index (χ2n) is 4.14. The summed E-state index contributed by atoms with van der Waals surface area (Å²) >= 11 is 4.76. The Morgan fingerprint density at radius 2 is 2.22 bits per heavy atom. The lowest BCUT2D eigenvalue weighted by molar-refractivity contribution is -0.131. The number of thiocarbonyl (C=S) groups is 1. The number of nitrogens with zero attached hydrogens (tertiary/aromatic N) is 1. The van der Waals surface area contributed by atoms with E-state index in [0.29, 0.717) is 23.7 Å². The summed E-state index contributed by atoms with van der Waals surface area (Å²) in [5, 5.41) is 0. The third-order valence-electron chi connectivity index (χ3n) is 2.47. The van der Waals surface area contributed by atoms with Crippen LogP contribution >= 0.6 is 12.2 Å². The predicted octanol–water partition coefficient (Wildman–Crippen LogP) is 1.51. The molecule has 18 heavy (non-hydrogen) atoms. The molecule has 0 aliphatic carbocycles. The van der Waals surface area contributed by atoms with Crippen molar-refractivity contribution in [2.24, 2.45) is 5.73 Å². The number of rotatable bonds is 6. The molecule has 2 N–H and O–H groups in total. The molecular weight excluding hydrogens is 248 g/mol. The molecule has 98 valence electrons. The van der Waals surface area contributed by atoms with Crippen LogP contribution in [-0.2, 0) is 4.79 Å². The number of ether oxygens (including phenoxy) is 1. The Balaban J connectivity index is 2.38. The van der Waals surface area contributed by atoms with E-state index in [-0.39, 0.29) is 12.5 Å². The first-order valence-corrected chi connectivity index (χ1v) is 6.11. The van der Waals surface area contributed by atoms with Crippen molar-refractivity contribution in [3.63, 3.8) is 0 Å². The lowest BCUT2D eigenvalue weighted by Gasteiger charge is -2.17. The van der Waals surface area contributed by atoms with Crippen molar-refractivity contribution in [2.75, 3.05) is 20.2 Å². The number of likely N-dealkylation sites (N-methyl/N-ethyl adjacent to an activating group) is 1. The van der Waals surface area contributed by atoms with Gasteiger partial charge in [0.1, 0.15) is 5.75 Å². The van der Waals surface area contributed by atoms with Crippen LogP contribution in [0.3, 0.4) is 0 Å². The molecule has 0 unspecified atom stereocenters. The van der Waals surface area contributed by atoms with Gasteiger partial charge in [0, 0.05) is 20.0 Å². The van der Waals surface area contributed by atoms with E-state index in [9.17, 15) is 4.79 Å². The molecule has 0 aliphatic heterocycles. The van der Waals surface area contributed by atoms with Gasteiger partial charge in [-0.05, 0) is 24.6 Å². The van der Waals surface area contributed by atoms with E-state index in [1.54, 1.807) is 11.9 Å². The summed E-state index contributed by atoms with van der Waals surface area (Å²) in [4.78, 5) is 13.7. The van der Waals surface area contributed by atoms with Crippen molar-refractivity contribution < 1.29 is 9.53 Å². The molecule has 0 saturated carbocycles. The molecule has 0 heterocycles. The van der Waals surface area contributed by atoms with Gasteiger partial charge in [0.2, 0.25) is 0 Å². The lowest BCUT2D eigenvalue weighted by Crippen LogP contribution is -2.33. The molecule has 1 aromatic rings. The number of hydrogen-bond donors (Lipinski definition) is 1. The SMILES string of the molecule is Cc1cccc(OCC(=O)N(C)CCC(N)=S)c1. The molecular formula is C13H18N2O2S. The van der Waals surface area contributed by atoms with E-state index in [1.165, 1.54) is 0 Å². The van der Waals surface area contributed by atoms with Crippen molar-refractivity contribution in [1.29, 1.82) is 0 Å². The summed E-state index contributed by atoms with van der Waals surface area (Å²) < 4.78 is 5.42. The Morgan fingerprint density at radius 1 is 1.50 bits per heavy atom. The van der Waals surface area contributed by atoms with Crippen LogP contribution in [0.4, 0.5) is 0 Å². The summed E-state index contributed by atoms with van der Waals surface area (Å²) in [5.74, 6) is 0.610. The highest BCUT2D eigenvalue weighted by Gasteiger charge is 2.09. The van der Waals surface area contributed by atoms with Crippen molar-refractivity contribution in [3.8, 4) is 5.75 Å². The number of amides is 1. The Hall–Kier alpha value is -1.62. The summed E-state index contributed by atoms with van der Waals surface area (Å²) in [5.41, 5.74) is 6.48. The largest absolute Gasteiger partial charge is 0.484 e.